The Morgan fingerprint density at radius 3 is 1.94 bits per heavy atom. The average Bonchev–Trinajstić information content (AvgIpc) is 3.79. The first-order valence-corrected chi connectivity index (χ1v) is 25.0. The molecule has 0 unspecified atom stereocenters. The normalized spacial score (nSPS) is 17.7. The van der Waals surface area contributed by atoms with Crippen molar-refractivity contribution in [1.29, 1.82) is 0 Å². The number of likely N-dealkylation sites (N-methyl/N-ethyl adjacent to an activating group) is 2. The maximum atomic E-state index is 14.7. The number of ether oxygens (including phenoxy) is 3. The van der Waals surface area contributed by atoms with Crippen LogP contribution in [0.5, 0.6) is 0 Å². The number of benzene rings is 2. The van der Waals surface area contributed by atoms with Crippen LogP contribution in [0.25, 0.3) is 0 Å². The van der Waals surface area contributed by atoms with Crippen LogP contribution in [0, 0.1) is 35.5 Å². The second kappa shape index (κ2) is 28.9. The summed E-state index contributed by atoms with van der Waals surface area (Å²) in [6.07, 6.45) is 4.51. The molecule has 0 spiro atoms. The van der Waals surface area contributed by atoms with Gasteiger partial charge in [0, 0.05) is 58.9 Å². The van der Waals surface area contributed by atoms with Gasteiger partial charge in [-0.15, -0.1) is 0 Å². The SMILES string of the molecule is CC[C@H](C)[C@@H]([C@@H](CC(=O)N1CCC[C@H]1[C@H](OC)[C@@H](C)C(=O)C[C@@H](Cc1ccccc1)C(=O)OCc1ccccc1)OC)N(C)C(=O)[C@@H](CC(=O)[C@H](C(C)C)N(C)CCCCCC(C)=O)C(C)C. The molecule has 0 bridgehead atoms. The third-order valence-corrected chi connectivity index (χ3v) is 14.2. The molecule has 0 saturated carbocycles. The van der Waals surface area contributed by atoms with Crippen molar-refractivity contribution in [3.8, 4) is 0 Å². The molecular formula is C55H85N3O9. The molecule has 1 aliphatic heterocycles. The van der Waals surface area contributed by atoms with E-state index in [0.29, 0.717) is 25.8 Å². The zero-order valence-electron chi connectivity index (χ0n) is 43.0. The van der Waals surface area contributed by atoms with E-state index in [1.807, 2.05) is 107 Å². The third kappa shape index (κ3) is 17.3. The molecule has 67 heavy (non-hydrogen) atoms. The average molecular weight is 932 g/mol. The van der Waals surface area contributed by atoms with Gasteiger partial charge in [0.25, 0.3) is 0 Å². The van der Waals surface area contributed by atoms with Crippen molar-refractivity contribution in [3.05, 3.63) is 71.8 Å². The molecule has 0 aliphatic carbocycles. The van der Waals surface area contributed by atoms with E-state index >= 15 is 0 Å². The van der Waals surface area contributed by atoms with Gasteiger partial charge in [-0.25, -0.2) is 0 Å². The van der Waals surface area contributed by atoms with Crippen LogP contribution in [0.1, 0.15) is 131 Å². The van der Waals surface area contributed by atoms with Crippen molar-refractivity contribution >= 4 is 35.1 Å². The van der Waals surface area contributed by atoms with Gasteiger partial charge in [-0.1, -0.05) is 122 Å². The Labute approximate surface area is 403 Å². The summed E-state index contributed by atoms with van der Waals surface area (Å²) in [5.74, 6) is -2.62. The fourth-order valence-corrected chi connectivity index (χ4v) is 10.1. The zero-order valence-corrected chi connectivity index (χ0v) is 43.0. The van der Waals surface area contributed by atoms with Gasteiger partial charge in [-0.05, 0) is 81.5 Å². The van der Waals surface area contributed by atoms with Gasteiger partial charge in [-0.2, -0.15) is 0 Å². The molecule has 0 radical (unpaired) electrons. The number of nitrogens with zero attached hydrogens (tertiary/aromatic N) is 3. The number of rotatable bonds is 31. The summed E-state index contributed by atoms with van der Waals surface area (Å²) in [4.78, 5) is 88.1. The predicted molar refractivity (Wildman–Crippen MR) is 264 cm³/mol. The number of esters is 1. The van der Waals surface area contributed by atoms with Crippen LogP contribution >= 0.6 is 0 Å². The first-order chi connectivity index (χ1) is 31.9. The standard InChI is InChI=1S/C55H85N3O9/c1-13-39(6)52(57(10)54(63)45(37(2)3)34-48(61)51(38(4)5)56(9)30-22-16-17-24-40(7)59)49(65-11)35-50(62)58-31-23-29-46(58)53(66-12)41(8)47(60)33-44(32-42-25-18-14-19-26-42)55(64)67-36-43-27-20-15-21-28-43/h14-15,18-21,25-28,37-39,41,44-46,49,51-53H,13,16-17,22-24,29-36H2,1-12H3/t39-,41-,44+,45-,46-,49+,51-,52-,53+/m0/s1. The highest BCUT2D eigenvalue weighted by atomic mass is 16.5. The Hall–Kier alpha value is -4.26. The van der Waals surface area contributed by atoms with Crippen LogP contribution in [0.4, 0.5) is 0 Å². The molecule has 12 nitrogen and oxygen atoms in total. The molecule has 2 aromatic rings. The number of hydrogen-bond donors (Lipinski definition) is 0. The number of hydrogen-bond acceptors (Lipinski definition) is 10. The van der Waals surface area contributed by atoms with Crippen LogP contribution < -0.4 is 0 Å². The van der Waals surface area contributed by atoms with Crippen LogP contribution in [0.15, 0.2) is 60.7 Å². The minimum atomic E-state index is -0.703. The van der Waals surface area contributed by atoms with Crippen LogP contribution in [-0.2, 0) is 56.0 Å². The summed E-state index contributed by atoms with van der Waals surface area (Å²) in [5.41, 5.74) is 1.79. The zero-order chi connectivity index (χ0) is 49.8. The Balaban J connectivity index is 1.77. The summed E-state index contributed by atoms with van der Waals surface area (Å²) in [6.45, 7) is 16.9. The molecule has 12 heteroatoms. The number of carbonyl (C=O) groups excluding carboxylic acids is 6. The Kier molecular flexibility index (Phi) is 24.6. The predicted octanol–water partition coefficient (Wildman–Crippen LogP) is 8.81. The summed E-state index contributed by atoms with van der Waals surface area (Å²) in [5, 5.41) is 0. The number of carbonyl (C=O) groups is 6. The van der Waals surface area contributed by atoms with E-state index in [1.165, 1.54) is 0 Å². The molecule has 2 aromatic carbocycles. The number of unbranched alkanes of at least 4 members (excludes halogenated alkanes) is 2. The molecule has 0 N–H and O–H groups in total. The van der Waals surface area contributed by atoms with E-state index in [0.717, 1.165) is 49.8 Å². The van der Waals surface area contributed by atoms with Crippen LogP contribution in [0.3, 0.4) is 0 Å². The van der Waals surface area contributed by atoms with Crippen molar-refractivity contribution in [2.45, 2.75) is 163 Å². The number of Topliss-reactive ketones (excluding diaryl/α,β-unsaturated/α-hetero) is 3. The number of methoxy groups -OCH3 is 2. The summed E-state index contributed by atoms with van der Waals surface area (Å²) in [7, 11) is 6.89. The number of amides is 2. The summed E-state index contributed by atoms with van der Waals surface area (Å²) < 4.78 is 18.0. The van der Waals surface area contributed by atoms with Crippen molar-refractivity contribution in [1.82, 2.24) is 14.7 Å². The van der Waals surface area contributed by atoms with Gasteiger partial charge in [-0.3, -0.25) is 28.9 Å². The van der Waals surface area contributed by atoms with Gasteiger partial charge < -0.3 is 28.8 Å². The molecule has 3 rings (SSSR count). The maximum absolute atomic E-state index is 14.7. The molecule has 0 aromatic heterocycles. The lowest BCUT2D eigenvalue weighted by atomic mass is 9.83. The van der Waals surface area contributed by atoms with Crippen LogP contribution in [0.2, 0.25) is 0 Å². The Morgan fingerprint density at radius 1 is 0.761 bits per heavy atom. The largest absolute Gasteiger partial charge is 0.461 e. The molecule has 1 heterocycles. The van der Waals surface area contributed by atoms with Gasteiger partial charge in [0.05, 0.1) is 42.7 Å². The lowest BCUT2D eigenvalue weighted by molar-refractivity contribution is -0.152. The summed E-state index contributed by atoms with van der Waals surface area (Å²) in [6, 6.07) is 17.9. The highest BCUT2D eigenvalue weighted by Crippen LogP contribution is 2.32. The Morgan fingerprint density at radius 2 is 1.39 bits per heavy atom. The van der Waals surface area contributed by atoms with Gasteiger partial charge in [0.15, 0.2) is 5.78 Å². The fourth-order valence-electron chi connectivity index (χ4n) is 10.1. The van der Waals surface area contributed by atoms with Crippen LogP contribution in [-0.4, -0.2) is 122 Å². The fraction of sp³-hybridized carbons (Fsp3) is 0.673. The molecular weight excluding hydrogens is 847 g/mol. The molecule has 1 aliphatic rings. The minimum Gasteiger partial charge on any atom is -0.461 e. The van der Waals surface area contributed by atoms with Gasteiger partial charge in [0.1, 0.15) is 18.2 Å². The lowest BCUT2D eigenvalue weighted by Crippen LogP contribution is -2.54. The van der Waals surface area contributed by atoms with E-state index in [9.17, 15) is 28.8 Å². The monoisotopic (exact) mass is 932 g/mol. The molecule has 1 fully saturated rings. The van der Waals surface area contributed by atoms with Crippen molar-refractivity contribution in [2.75, 3.05) is 41.4 Å². The van der Waals surface area contributed by atoms with E-state index in [1.54, 1.807) is 33.1 Å². The highest BCUT2D eigenvalue weighted by molar-refractivity contribution is 5.90. The molecule has 2 amide bonds. The number of likely N-dealkylation sites (tertiary alicyclic amines) is 1. The molecule has 9 atom stereocenters. The smallest absolute Gasteiger partial charge is 0.310 e. The second-order valence-electron chi connectivity index (χ2n) is 19.9. The quantitative estimate of drug-likeness (QED) is 0.0533. The lowest BCUT2D eigenvalue weighted by Gasteiger charge is -2.41. The Bertz CT molecular complexity index is 1840. The van der Waals surface area contributed by atoms with E-state index in [2.05, 4.69) is 18.7 Å². The van der Waals surface area contributed by atoms with Gasteiger partial charge >= 0.3 is 5.97 Å². The minimum absolute atomic E-state index is 0.0166. The van der Waals surface area contributed by atoms with E-state index < -0.39 is 42.0 Å². The second-order valence-corrected chi connectivity index (χ2v) is 19.9. The van der Waals surface area contributed by atoms with E-state index in [4.69, 9.17) is 14.2 Å². The third-order valence-electron chi connectivity index (χ3n) is 14.2. The topological polar surface area (TPSA) is 140 Å². The van der Waals surface area contributed by atoms with E-state index in [-0.39, 0.29) is 84.9 Å². The highest BCUT2D eigenvalue weighted by Gasteiger charge is 2.43. The van der Waals surface area contributed by atoms with Crippen molar-refractivity contribution < 1.29 is 43.0 Å². The van der Waals surface area contributed by atoms with Gasteiger partial charge in [0.2, 0.25) is 11.8 Å². The van der Waals surface area contributed by atoms with Crippen molar-refractivity contribution in [2.24, 2.45) is 35.5 Å². The first kappa shape index (κ1) is 57.1. The number of ketones is 3. The molecule has 374 valence electrons. The maximum Gasteiger partial charge on any atom is 0.310 e. The molecule has 1 saturated heterocycles. The summed E-state index contributed by atoms with van der Waals surface area (Å²) >= 11 is 0. The van der Waals surface area contributed by atoms with Crippen molar-refractivity contribution in [3.63, 3.8) is 0 Å². The first-order valence-electron chi connectivity index (χ1n) is 25.0.